The molecule has 0 fully saturated rings. The molecule has 0 rings (SSSR count). The summed E-state index contributed by atoms with van der Waals surface area (Å²) in [7, 11) is 0. The summed E-state index contributed by atoms with van der Waals surface area (Å²) in [6.45, 7) is 0. The van der Waals surface area contributed by atoms with Crippen LogP contribution >= 0.6 is 0 Å². The monoisotopic (exact) mass is 322 g/mol. The predicted octanol–water partition coefficient (Wildman–Crippen LogP) is -2.01. The van der Waals surface area contributed by atoms with Crippen LogP contribution in [0.3, 0.4) is 0 Å². The molecule has 0 unspecified atom stereocenters. The second-order valence-electron chi connectivity index (χ2n) is 0.415. The molecule has 4 nitrogen and oxygen atoms in total. The molecule has 1 radical (unpaired) electrons. The quantitative estimate of drug-likeness (QED) is 0.505. The first-order chi connectivity index (χ1) is 2.00. The van der Waals surface area contributed by atoms with E-state index in [4.69, 9.17) is 16.0 Å². The van der Waals surface area contributed by atoms with Crippen LogP contribution in [0, 0.1) is 0 Å². The van der Waals surface area contributed by atoms with Crippen molar-refractivity contribution in [3.63, 3.8) is 0 Å². The Morgan fingerprint density at radius 2 is 1.11 bits per heavy atom. The van der Waals surface area contributed by atoms with Crippen molar-refractivity contribution in [2.24, 2.45) is 0 Å². The predicted molar refractivity (Wildman–Crippen MR) is 13.0 cm³/mol. The zero-order chi connectivity index (χ0) is 4.50. The molecule has 0 heterocycles. The summed E-state index contributed by atoms with van der Waals surface area (Å²) in [5.41, 5.74) is 0. The summed E-state index contributed by atoms with van der Waals surface area (Å²) < 4.78 is 31.8. The van der Waals surface area contributed by atoms with E-state index in [9.17, 15) is 0 Å². The van der Waals surface area contributed by atoms with Gasteiger partial charge in [-0.15, -0.1) is 0 Å². The van der Waals surface area contributed by atoms with E-state index in [1.807, 2.05) is 0 Å². The zero-order valence-corrected chi connectivity index (χ0v) is 7.27. The van der Waals surface area contributed by atoms with Crippen molar-refractivity contribution in [2.45, 2.75) is 0 Å². The van der Waals surface area contributed by atoms with E-state index in [1.54, 1.807) is 0 Å². The molecule has 0 aliphatic carbocycles. The molecule has 9 heavy (non-hydrogen) atoms. The molecular weight excluding hydrogens is 320 g/mol. The molecule has 0 amide bonds. The summed E-state index contributed by atoms with van der Waals surface area (Å²) in [4.78, 5) is 0. The molecule has 0 spiro atoms. The van der Waals surface area contributed by atoms with Gasteiger partial charge < -0.3 is 0 Å². The number of hydrogen-bond acceptors (Lipinski definition) is 2. The molecule has 64 valence electrons. The second-order valence-corrected chi connectivity index (χ2v) is 1.71. The van der Waals surface area contributed by atoms with Gasteiger partial charge in [-0.1, -0.05) is 0 Å². The Hall–Kier alpha value is 2.57. The Bertz CT molecular complexity index is 104. The summed E-state index contributed by atoms with van der Waals surface area (Å²) in [5, 5.41) is 0. The molecule has 0 aliphatic heterocycles. The van der Waals surface area contributed by atoms with Gasteiger partial charge in [-0.25, -0.2) is 0 Å². The first-order valence-corrected chi connectivity index (χ1v) is 2.67. The molecule has 0 bridgehead atoms. The van der Waals surface area contributed by atoms with Crippen LogP contribution in [0.4, 0.5) is 0 Å². The van der Waals surface area contributed by atoms with E-state index >= 15 is 0 Å². The van der Waals surface area contributed by atoms with Gasteiger partial charge in [-0.3, -0.25) is 0 Å². The van der Waals surface area contributed by atoms with E-state index in [2.05, 4.69) is 0 Å². The van der Waals surface area contributed by atoms with Crippen LogP contribution in [0.25, 0.3) is 0 Å². The third-order valence-electron chi connectivity index (χ3n) is 0. The van der Waals surface area contributed by atoms with Gasteiger partial charge >= 0.3 is 59.0 Å². The molecule has 0 atom stereocenters. The van der Waals surface area contributed by atoms with E-state index < -0.39 is 13.4 Å². The van der Waals surface area contributed by atoms with Crippen LogP contribution in [0.15, 0.2) is 0 Å². The fourth-order valence-corrected chi connectivity index (χ4v) is 0. The number of hydrogen-bond donors (Lipinski definition) is 2. The van der Waals surface area contributed by atoms with Crippen molar-refractivity contribution < 1.29 is 80.0 Å². The average molecular weight is 323 g/mol. The van der Waals surface area contributed by atoms with Crippen LogP contribution < -0.4 is 0 Å². The average Bonchev–Trinajstić information content (AvgIpc) is 0.722. The second kappa shape index (κ2) is 13.2. The minimum absolute atomic E-state index is 0. The topological polar surface area (TPSA) is 74.6 Å². The Kier molecular flexibility index (Phi) is 43.9. The van der Waals surface area contributed by atoms with Gasteiger partial charge in [0.15, 0.2) is 0 Å². The Morgan fingerprint density at radius 3 is 1.11 bits per heavy atom. The molecule has 0 saturated carbocycles. The first kappa shape index (κ1) is 29.9. The minimum atomic E-state index is -5.12. The summed E-state index contributed by atoms with van der Waals surface area (Å²) in [6.07, 6.45) is 0. The van der Waals surface area contributed by atoms with Gasteiger partial charge in [0.2, 0.25) is 0 Å². The maximum absolute atomic E-state index is 8.80. The van der Waals surface area contributed by atoms with Crippen molar-refractivity contribution in [3.05, 3.63) is 0 Å². The van der Waals surface area contributed by atoms with Crippen LogP contribution in [-0.4, -0.2) is 37.9 Å². The molecule has 0 aliphatic rings. The normalized spacial score (nSPS) is 6.44. The SMILES string of the molecule is [Cu].[Fe].[NaH].[Ni].[O]=[Mn](=[O])([OH])[OH]. The number of rotatable bonds is 0. The van der Waals surface area contributed by atoms with Crippen LogP contribution in [0.1, 0.15) is 0 Å². The van der Waals surface area contributed by atoms with Gasteiger partial charge in [0.05, 0.1) is 0 Å². The van der Waals surface area contributed by atoms with Crippen LogP contribution in [0.5, 0.6) is 0 Å². The van der Waals surface area contributed by atoms with Gasteiger partial charge in [0.25, 0.3) is 0 Å². The first-order valence-electron chi connectivity index (χ1n) is 0.647. The van der Waals surface area contributed by atoms with E-state index in [0.717, 1.165) is 0 Å². The van der Waals surface area contributed by atoms with Gasteiger partial charge in [0.1, 0.15) is 0 Å². The Labute approximate surface area is 108 Å². The van der Waals surface area contributed by atoms with Crippen molar-refractivity contribution in [3.8, 4) is 0 Å². The van der Waals surface area contributed by atoms with Gasteiger partial charge in [-0.05, 0) is 0 Å². The maximum atomic E-state index is 8.80. The summed E-state index contributed by atoms with van der Waals surface area (Å²) >= 11 is -5.12. The van der Waals surface area contributed by atoms with Crippen molar-refractivity contribution in [2.75, 3.05) is 0 Å². The van der Waals surface area contributed by atoms with Crippen LogP contribution in [-0.2, 0) is 71.7 Å². The molecule has 0 aromatic carbocycles. The van der Waals surface area contributed by atoms with Gasteiger partial charge in [0, 0.05) is 50.6 Å². The fraction of sp³-hybridized carbons (Fsp3) is 0. The Balaban J connectivity index is -0.0000000133. The molecule has 0 aromatic rings. The van der Waals surface area contributed by atoms with E-state index in [1.165, 1.54) is 0 Å². The van der Waals surface area contributed by atoms with Crippen molar-refractivity contribution in [1.82, 2.24) is 0 Å². The third-order valence-corrected chi connectivity index (χ3v) is 0. The Morgan fingerprint density at radius 1 is 1.11 bits per heavy atom. The standard InChI is InChI=1S/Cu.Fe.Mn.Na.Ni.2H2O.2O.H/h;;;;;2*1H2;;;/q;;+2;;;;;;;/p-2. The molecule has 2 N–H and O–H groups in total. The summed E-state index contributed by atoms with van der Waals surface area (Å²) in [6, 6.07) is 0. The molecule has 0 saturated heterocycles. The van der Waals surface area contributed by atoms with E-state index in [-0.39, 0.29) is 80.2 Å². The molecular formula is H3CuFeMnNaNiO4. The zero-order valence-electron chi connectivity index (χ0n) is 3.06. The molecule has 0 aromatic heterocycles. The van der Waals surface area contributed by atoms with Crippen LogP contribution in [0.2, 0.25) is 0 Å². The fourth-order valence-electron chi connectivity index (χ4n) is 0. The van der Waals surface area contributed by atoms with Gasteiger partial charge in [-0.2, -0.15) is 0 Å². The third kappa shape index (κ3) is 117. The van der Waals surface area contributed by atoms with Crippen molar-refractivity contribution >= 4 is 29.6 Å². The van der Waals surface area contributed by atoms with Crippen molar-refractivity contribution in [1.29, 1.82) is 0 Å². The molecule has 9 heteroatoms. The van der Waals surface area contributed by atoms with E-state index in [0.29, 0.717) is 0 Å². The summed E-state index contributed by atoms with van der Waals surface area (Å²) in [5.74, 6) is 0.